The molecule has 86 valence electrons. The number of hydrogen-bond donors (Lipinski definition) is 2. The number of nitrogens with one attached hydrogen (secondary N) is 1. The molecule has 0 fully saturated rings. The molecule has 0 bridgehead atoms. The van der Waals surface area contributed by atoms with Crippen LogP contribution in [-0.4, -0.2) is 17.6 Å². The molecule has 0 aromatic heterocycles. The molecular formula is C13H17NO2. The van der Waals surface area contributed by atoms with E-state index in [-0.39, 0.29) is 0 Å². The van der Waals surface area contributed by atoms with Gasteiger partial charge in [0.1, 0.15) is 5.54 Å². The highest BCUT2D eigenvalue weighted by Gasteiger charge is 2.35. The fraction of sp³-hybridized carbons (Fsp3) is 0.308. The summed E-state index contributed by atoms with van der Waals surface area (Å²) < 4.78 is 0. The highest BCUT2D eigenvalue weighted by Crippen LogP contribution is 2.24. The molecule has 3 heteroatoms. The van der Waals surface area contributed by atoms with Crippen molar-refractivity contribution < 1.29 is 9.90 Å². The zero-order valence-corrected chi connectivity index (χ0v) is 9.66. The quantitative estimate of drug-likeness (QED) is 0.745. The normalized spacial score (nSPS) is 14.1. The van der Waals surface area contributed by atoms with Crippen LogP contribution in [0.5, 0.6) is 0 Å². The van der Waals surface area contributed by atoms with Crippen LogP contribution in [0.3, 0.4) is 0 Å². The third-order valence-corrected chi connectivity index (χ3v) is 2.71. The Bertz CT molecular complexity index is 401. The lowest BCUT2D eigenvalue weighted by Gasteiger charge is -2.27. The van der Waals surface area contributed by atoms with Crippen molar-refractivity contribution in [2.45, 2.75) is 19.4 Å². The fourth-order valence-corrected chi connectivity index (χ4v) is 1.70. The van der Waals surface area contributed by atoms with Crippen LogP contribution in [0.1, 0.15) is 18.1 Å². The standard InChI is InChI=1S/C13H17NO2/c1-4-9-14-13(3,12(15)16)11-8-6-5-7-10(11)2/h4-8,14H,1,9H2,2-3H3,(H,15,16). The average molecular weight is 219 g/mol. The third-order valence-electron chi connectivity index (χ3n) is 2.71. The maximum Gasteiger partial charge on any atom is 0.328 e. The molecular weight excluding hydrogens is 202 g/mol. The van der Waals surface area contributed by atoms with Gasteiger partial charge in [0.25, 0.3) is 0 Å². The summed E-state index contributed by atoms with van der Waals surface area (Å²) in [6.45, 7) is 7.62. The minimum absolute atomic E-state index is 0.455. The Morgan fingerprint density at radius 1 is 1.56 bits per heavy atom. The monoisotopic (exact) mass is 219 g/mol. The second-order valence-electron chi connectivity index (χ2n) is 3.91. The molecule has 16 heavy (non-hydrogen) atoms. The van der Waals surface area contributed by atoms with Crippen molar-refractivity contribution in [3.05, 3.63) is 48.0 Å². The van der Waals surface area contributed by atoms with Crippen molar-refractivity contribution in [2.75, 3.05) is 6.54 Å². The van der Waals surface area contributed by atoms with Crippen LogP contribution < -0.4 is 5.32 Å². The Kier molecular flexibility index (Phi) is 3.85. The van der Waals surface area contributed by atoms with Crippen LogP contribution >= 0.6 is 0 Å². The Morgan fingerprint density at radius 2 is 2.19 bits per heavy atom. The van der Waals surface area contributed by atoms with Gasteiger partial charge in [-0.2, -0.15) is 0 Å². The molecule has 0 spiro atoms. The molecule has 1 aromatic carbocycles. The summed E-state index contributed by atoms with van der Waals surface area (Å²) in [5, 5.41) is 12.3. The molecule has 0 aliphatic heterocycles. The Balaban J connectivity index is 3.16. The number of carbonyl (C=O) groups is 1. The van der Waals surface area contributed by atoms with E-state index in [1.54, 1.807) is 13.0 Å². The van der Waals surface area contributed by atoms with E-state index >= 15 is 0 Å². The van der Waals surface area contributed by atoms with E-state index in [1.807, 2.05) is 31.2 Å². The summed E-state index contributed by atoms with van der Waals surface area (Å²) in [5.74, 6) is -0.886. The number of rotatable bonds is 5. The minimum Gasteiger partial charge on any atom is -0.480 e. The molecule has 2 N–H and O–H groups in total. The largest absolute Gasteiger partial charge is 0.480 e. The van der Waals surface area contributed by atoms with Gasteiger partial charge in [-0.3, -0.25) is 5.32 Å². The zero-order chi connectivity index (χ0) is 12.2. The van der Waals surface area contributed by atoms with E-state index in [1.165, 1.54) is 0 Å². The molecule has 1 aromatic rings. The van der Waals surface area contributed by atoms with Gasteiger partial charge in [-0.1, -0.05) is 30.3 Å². The first-order valence-electron chi connectivity index (χ1n) is 5.18. The van der Waals surface area contributed by atoms with Crippen LogP contribution in [0.15, 0.2) is 36.9 Å². The first kappa shape index (κ1) is 12.5. The molecule has 1 atom stereocenters. The summed E-state index contributed by atoms with van der Waals surface area (Å²) in [4.78, 5) is 11.4. The van der Waals surface area contributed by atoms with Gasteiger partial charge in [-0.15, -0.1) is 6.58 Å². The summed E-state index contributed by atoms with van der Waals surface area (Å²) in [5.41, 5.74) is 0.674. The number of carboxylic acid groups (broad SMARTS) is 1. The average Bonchev–Trinajstić information content (AvgIpc) is 2.26. The maximum absolute atomic E-state index is 11.4. The summed E-state index contributed by atoms with van der Waals surface area (Å²) in [6.07, 6.45) is 1.65. The van der Waals surface area contributed by atoms with Gasteiger partial charge in [0.05, 0.1) is 0 Å². The molecule has 0 saturated heterocycles. The Hall–Kier alpha value is -1.61. The lowest BCUT2D eigenvalue weighted by molar-refractivity contribution is -0.144. The summed E-state index contributed by atoms with van der Waals surface area (Å²) >= 11 is 0. The smallest absolute Gasteiger partial charge is 0.328 e. The van der Waals surface area contributed by atoms with Crippen molar-refractivity contribution in [3.63, 3.8) is 0 Å². The van der Waals surface area contributed by atoms with E-state index in [0.717, 1.165) is 11.1 Å². The summed E-state index contributed by atoms with van der Waals surface area (Å²) in [7, 11) is 0. The number of aliphatic carboxylic acids is 1. The molecule has 0 aliphatic rings. The van der Waals surface area contributed by atoms with E-state index in [0.29, 0.717) is 6.54 Å². The SMILES string of the molecule is C=CCNC(C)(C(=O)O)c1ccccc1C. The van der Waals surface area contributed by atoms with Crippen molar-refractivity contribution in [1.82, 2.24) is 5.32 Å². The van der Waals surface area contributed by atoms with Crippen molar-refractivity contribution >= 4 is 5.97 Å². The van der Waals surface area contributed by atoms with Gasteiger partial charge >= 0.3 is 5.97 Å². The van der Waals surface area contributed by atoms with E-state index < -0.39 is 11.5 Å². The fourth-order valence-electron chi connectivity index (χ4n) is 1.70. The summed E-state index contributed by atoms with van der Waals surface area (Å²) in [6, 6.07) is 7.49. The minimum atomic E-state index is -1.07. The molecule has 3 nitrogen and oxygen atoms in total. The predicted octanol–water partition coefficient (Wildman–Crippen LogP) is 2.07. The Morgan fingerprint density at radius 3 is 2.69 bits per heavy atom. The number of hydrogen-bond acceptors (Lipinski definition) is 2. The van der Waals surface area contributed by atoms with E-state index in [2.05, 4.69) is 11.9 Å². The molecule has 1 rings (SSSR count). The van der Waals surface area contributed by atoms with Gasteiger partial charge < -0.3 is 5.11 Å². The van der Waals surface area contributed by atoms with Gasteiger partial charge in [-0.25, -0.2) is 4.79 Å². The van der Waals surface area contributed by atoms with Crippen LogP contribution in [0, 0.1) is 6.92 Å². The molecule has 0 saturated carbocycles. The van der Waals surface area contributed by atoms with Gasteiger partial charge in [0.15, 0.2) is 0 Å². The topological polar surface area (TPSA) is 49.3 Å². The van der Waals surface area contributed by atoms with Gasteiger partial charge in [0.2, 0.25) is 0 Å². The molecule has 0 heterocycles. The van der Waals surface area contributed by atoms with E-state index in [9.17, 15) is 9.90 Å². The number of benzene rings is 1. The van der Waals surface area contributed by atoms with Crippen LogP contribution in [0.25, 0.3) is 0 Å². The first-order chi connectivity index (χ1) is 7.52. The van der Waals surface area contributed by atoms with Crippen LogP contribution in [0.2, 0.25) is 0 Å². The Labute approximate surface area is 95.8 Å². The van der Waals surface area contributed by atoms with Crippen molar-refractivity contribution in [2.24, 2.45) is 0 Å². The van der Waals surface area contributed by atoms with Crippen LogP contribution in [0.4, 0.5) is 0 Å². The predicted molar refractivity (Wildman–Crippen MR) is 64.4 cm³/mol. The lowest BCUT2D eigenvalue weighted by Crippen LogP contribution is -2.47. The molecule has 0 radical (unpaired) electrons. The van der Waals surface area contributed by atoms with Crippen LogP contribution in [-0.2, 0) is 10.3 Å². The molecule has 0 aliphatic carbocycles. The number of aryl methyl sites for hydroxylation is 1. The highest BCUT2D eigenvalue weighted by molar-refractivity contribution is 5.80. The van der Waals surface area contributed by atoms with E-state index in [4.69, 9.17) is 0 Å². The highest BCUT2D eigenvalue weighted by atomic mass is 16.4. The first-order valence-corrected chi connectivity index (χ1v) is 5.18. The molecule has 0 amide bonds. The lowest BCUT2D eigenvalue weighted by atomic mass is 9.88. The van der Waals surface area contributed by atoms with Crippen molar-refractivity contribution in [1.29, 1.82) is 0 Å². The second kappa shape index (κ2) is 4.94. The maximum atomic E-state index is 11.4. The second-order valence-corrected chi connectivity index (χ2v) is 3.91. The van der Waals surface area contributed by atoms with Gasteiger partial charge in [-0.05, 0) is 25.0 Å². The zero-order valence-electron chi connectivity index (χ0n) is 9.66. The van der Waals surface area contributed by atoms with Gasteiger partial charge in [0, 0.05) is 6.54 Å². The number of carboxylic acids is 1. The third kappa shape index (κ3) is 2.31. The van der Waals surface area contributed by atoms with Crippen molar-refractivity contribution in [3.8, 4) is 0 Å². The molecule has 1 unspecified atom stereocenters.